The van der Waals surface area contributed by atoms with E-state index in [1.807, 2.05) is 48.5 Å². The van der Waals surface area contributed by atoms with E-state index < -0.39 is 5.97 Å². The van der Waals surface area contributed by atoms with Crippen LogP contribution >= 0.6 is 0 Å². The Morgan fingerprint density at radius 2 is 1.86 bits per heavy atom. The van der Waals surface area contributed by atoms with E-state index >= 15 is 0 Å². The Kier molecular flexibility index (Phi) is 5.80. The van der Waals surface area contributed by atoms with E-state index in [2.05, 4.69) is 4.98 Å². The van der Waals surface area contributed by atoms with Gasteiger partial charge >= 0.3 is 5.97 Å². The largest absolute Gasteiger partial charge is 0.494 e. The lowest BCUT2D eigenvalue weighted by atomic mass is 10.00. The maximum absolute atomic E-state index is 12.3. The highest BCUT2D eigenvalue weighted by atomic mass is 16.5. The van der Waals surface area contributed by atoms with Crippen LogP contribution in [-0.4, -0.2) is 53.0 Å². The number of aliphatic imine (C=N–C) groups is 1. The highest BCUT2D eigenvalue weighted by Gasteiger charge is 2.25. The molecule has 0 unspecified atom stereocenters. The summed E-state index contributed by atoms with van der Waals surface area (Å²) in [6.07, 6.45) is 0.713. The molecule has 0 fully saturated rings. The lowest BCUT2D eigenvalue weighted by molar-refractivity contribution is -0.122. The molecule has 1 aliphatic heterocycles. The quantitative estimate of drug-likeness (QED) is 0.365. The smallest absolute Gasteiger partial charge is 0.335 e. The Bertz CT molecular complexity index is 1470. The number of aromatic nitrogens is 1. The van der Waals surface area contributed by atoms with Crippen LogP contribution in [0.4, 0.5) is 11.4 Å². The number of H-pyrrole nitrogens is 1. The number of carboxylic acids is 1. The van der Waals surface area contributed by atoms with Crippen LogP contribution < -0.4 is 4.90 Å². The zero-order chi connectivity index (χ0) is 24.5. The maximum Gasteiger partial charge on any atom is 0.335 e. The van der Waals surface area contributed by atoms with Crippen LogP contribution in [0.5, 0.6) is 5.88 Å². The van der Waals surface area contributed by atoms with E-state index in [0.717, 1.165) is 16.8 Å². The van der Waals surface area contributed by atoms with E-state index in [4.69, 9.17) is 9.73 Å². The van der Waals surface area contributed by atoms with Gasteiger partial charge < -0.3 is 24.8 Å². The molecule has 3 N–H and O–H groups in total. The number of aromatic amines is 1. The van der Waals surface area contributed by atoms with Crippen molar-refractivity contribution >= 4 is 39.9 Å². The predicted octanol–water partition coefficient (Wildman–Crippen LogP) is 4.28. The Morgan fingerprint density at radius 1 is 1.06 bits per heavy atom. The number of ether oxygens (including phenoxy) is 1. The lowest BCUT2D eigenvalue weighted by Crippen LogP contribution is -2.31. The van der Waals surface area contributed by atoms with Gasteiger partial charge in [0.2, 0.25) is 0 Å². The van der Waals surface area contributed by atoms with Gasteiger partial charge in [0.25, 0.3) is 5.91 Å². The number of amides is 1. The Balaban J connectivity index is 1.62. The second kappa shape index (κ2) is 9.08. The number of hydrogen-bond acceptors (Lipinski definition) is 5. The fourth-order valence-corrected chi connectivity index (χ4v) is 4.46. The summed E-state index contributed by atoms with van der Waals surface area (Å²) in [5.74, 6) is -1.23. The minimum absolute atomic E-state index is 0.0287. The Hall–Kier alpha value is -4.43. The van der Waals surface area contributed by atoms with Crippen molar-refractivity contribution < 1.29 is 24.5 Å². The molecule has 0 spiro atoms. The van der Waals surface area contributed by atoms with Gasteiger partial charge in [-0.1, -0.05) is 36.4 Å². The molecule has 0 bridgehead atoms. The van der Waals surface area contributed by atoms with Crippen LogP contribution in [0.3, 0.4) is 0 Å². The number of carbonyl (C=O) groups excluding carboxylic acids is 1. The van der Waals surface area contributed by atoms with Crippen LogP contribution in [-0.2, 0) is 16.0 Å². The molecule has 0 atom stereocenters. The van der Waals surface area contributed by atoms with Gasteiger partial charge in [0.05, 0.1) is 22.5 Å². The van der Waals surface area contributed by atoms with Crippen molar-refractivity contribution in [1.29, 1.82) is 0 Å². The molecule has 0 aliphatic carbocycles. The first-order valence-electron chi connectivity index (χ1n) is 11.1. The molecule has 5 rings (SSSR count). The third-order valence-corrected chi connectivity index (χ3v) is 6.08. The zero-order valence-corrected chi connectivity index (χ0v) is 19.0. The van der Waals surface area contributed by atoms with E-state index in [0.29, 0.717) is 40.8 Å². The SMILES string of the molecule is COCC(=O)N1CCc2cc(N=C(c3ccccc3)c3c(O)[nH]c4cc(C(=O)O)ccc34)ccc21. The summed E-state index contributed by atoms with van der Waals surface area (Å²) in [5, 5.41) is 20.8. The van der Waals surface area contributed by atoms with Crippen LogP contribution in [0.25, 0.3) is 10.9 Å². The highest BCUT2D eigenvalue weighted by molar-refractivity contribution is 6.22. The minimum Gasteiger partial charge on any atom is -0.494 e. The van der Waals surface area contributed by atoms with Crippen molar-refractivity contribution in [3.05, 3.63) is 89.0 Å². The van der Waals surface area contributed by atoms with E-state index in [1.165, 1.54) is 19.2 Å². The average molecular weight is 469 g/mol. The van der Waals surface area contributed by atoms with Gasteiger partial charge in [0.15, 0.2) is 5.88 Å². The summed E-state index contributed by atoms with van der Waals surface area (Å²) in [6, 6.07) is 19.8. The summed E-state index contributed by atoms with van der Waals surface area (Å²) < 4.78 is 4.99. The molecule has 3 aromatic carbocycles. The van der Waals surface area contributed by atoms with Gasteiger partial charge in [-0.3, -0.25) is 4.79 Å². The van der Waals surface area contributed by atoms with Gasteiger partial charge in [-0.05, 0) is 42.3 Å². The maximum atomic E-state index is 12.3. The summed E-state index contributed by atoms with van der Waals surface area (Å²) in [7, 11) is 1.50. The zero-order valence-electron chi connectivity index (χ0n) is 19.0. The molecular formula is C27H23N3O5. The minimum atomic E-state index is -1.05. The summed E-state index contributed by atoms with van der Waals surface area (Å²) in [4.78, 5) is 33.3. The Labute approximate surface area is 201 Å². The van der Waals surface area contributed by atoms with E-state index in [9.17, 15) is 19.8 Å². The number of aromatic carboxylic acids is 1. The van der Waals surface area contributed by atoms with Crippen molar-refractivity contribution in [2.45, 2.75) is 6.42 Å². The third-order valence-electron chi connectivity index (χ3n) is 6.08. The van der Waals surface area contributed by atoms with Crippen LogP contribution in [0, 0.1) is 0 Å². The summed E-state index contributed by atoms with van der Waals surface area (Å²) in [6.45, 7) is 0.617. The fourth-order valence-electron chi connectivity index (χ4n) is 4.46. The molecule has 4 aromatic rings. The number of nitrogens with zero attached hydrogens (tertiary/aromatic N) is 2. The first-order chi connectivity index (χ1) is 17.0. The third kappa shape index (κ3) is 4.15. The van der Waals surface area contributed by atoms with Crippen LogP contribution in [0.2, 0.25) is 0 Å². The molecule has 8 nitrogen and oxygen atoms in total. The number of anilines is 1. The van der Waals surface area contributed by atoms with E-state index in [-0.39, 0.29) is 24.0 Å². The number of methoxy groups -OCH3 is 1. The normalized spacial score (nSPS) is 13.3. The summed E-state index contributed by atoms with van der Waals surface area (Å²) in [5.41, 5.74) is 4.99. The monoisotopic (exact) mass is 469 g/mol. The number of fused-ring (bicyclic) bond motifs is 2. The number of carbonyl (C=O) groups is 2. The number of benzene rings is 3. The lowest BCUT2D eigenvalue weighted by Gasteiger charge is -2.16. The van der Waals surface area contributed by atoms with Gasteiger partial charge in [0.1, 0.15) is 6.61 Å². The van der Waals surface area contributed by atoms with Crippen LogP contribution in [0.15, 0.2) is 71.7 Å². The molecular weight excluding hydrogens is 446 g/mol. The molecule has 176 valence electrons. The number of aromatic hydroxyl groups is 1. The molecule has 0 radical (unpaired) electrons. The standard InChI is InChI=1S/C27H23N3O5/c1-35-15-23(31)30-12-11-17-13-19(8-10-22(17)30)28-25(16-5-3-2-4-6-16)24-20-9-7-18(27(33)34)14-21(20)29-26(24)32/h2-10,13-14,29,32H,11-12,15H2,1H3,(H,33,34). The van der Waals surface area contributed by atoms with Crippen molar-refractivity contribution in [3.63, 3.8) is 0 Å². The van der Waals surface area contributed by atoms with Gasteiger partial charge in [-0.25, -0.2) is 9.79 Å². The Morgan fingerprint density at radius 3 is 2.60 bits per heavy atom. The second-order valence-electron chi connectivity index (χ2n) is 8.28. The number of rotatable bonds is 6. The fraction of sp³-hybridized carbons (Fsp3) is 0.148. The molecule has 1 aromatic heterocycles. The van der Waals surface area contributed by atoms with E-state index in [1.54, 1.807) is 11.0 Å². The van der Waals surface area contributed by atoms with Crippen molar-refractivity contribution in [3.8, 4) is 5.88 Å². The topological polar surface area (TPSA) is 115 Å². The molecule has 2 heterocycles. The number of carboxylic acid groups (broad SMARTS) is 1. The predicted molar refractivity (Wildman–Crippen MR) is 133 cm³/mol. The molecule has 8 heteroatoms. The van der Waals surface area contributed by atoms with Crippen molar-refractivity contribution in [2.75, 3.05) is 25.2 Å². The average Bonchev–Trinajstić information content (AvgIpc) is 3.42. The molecule has 0 saturated carbocycles. The van der Waals surface area contributed by atoms with Gasteiger partial charge in [-0.15, -0.1) is 0 Å². The van der Waals surface area contributed by atoms with Crippen LogP contribution in [0.1, 0.15) is 27.0 Å². The van der Waals surface area contributed by atoms with Gasteiger partial charge in [0, 0.05) is 35.8 Å². The van der Waals surface area contributed by atoms with Crippen molar-refractivity contribution in [2.24, 2.45) is 4.99 Å². The molecule has 35 heavy (non-hydrogen) atoms. The highest BCUT2D eigenvalue weighted by Crippen LogP contribution is 2.35. The summed E-state index contributed by atoms with van der Waals surface area (Å²) >= 11 is 0. The molecule has 1 aliphatic rings. The molecule has 0 saturated heterocycles. The number of nitrogens with one attached hydrogen (secondary N) is 1. The van der Waals surface area contributed by atoms with Gasteiger partial charge in [-0.2, -0.15) is 0 Å². The number of hydrogen-bond donors (Lipinski definition) is 3. The first kappa shape index (κ1) is 22.4. The van der Waals surface area contributed by atoms with Crippen molar-refractivity contribution in [1.82, 2.24) is 4.98 Å². The first-order valence-corrected chi connectivity index (χ1v) is 11.1. The molecule has 1 amide bonds. The second-order valence-corrected chi connectivity index (χ2v) is 8.28.